The number of hydrogen-bond donors (Lipinski definition) is 2. The fourth-order valence-corrected chi connectivity index (χ4v) is 3.55. The second-order valence-corrected chi connectivity index (χ2v) is 7.12. The largest absolute Gasteiger partial charge is 0.352 e. The number of amides is 1. The van der Waals surface area contributed by atoms with Crippen molar-refractivity contribution in [1.82, 2.24) is 20.3 Å². The highest BCUT2D eigenvalue weighted by Gasteiger charge is 2.22. The summed E-state index contributed by atoms with van der Waals surface area (Å²) in [5, 5.41) is 6.76. The molecule has 2 atom stereocenters. The lowest BCUT2D eigenvalue weighted by Gasteiger charge is -2.36. The van der Waals surface area contributed by atoms with Crippen molar-refractivity contribution < 1.29 is 9.18 Å². The van der Waals surface area contributed by atoms with E-state index in [1.165, 1.54) is 18.3 Å². The summed E-state index contributed by atoms with van der Waals surface area (Å²) in [5.41, 5.74) is 0.982. The van der Waals surface area contributed by atoms with Crippen molar-refractivity contribution in [3.05, 3.63) is 54.4 Å². The van der Waals surface area contributed by atoms with Crippen molar-refractivity contribution in [2.24, 2.45) is 0 Å². The molecule has 2 aromatic heterocycles. The van der Waals surface area contributed by atoms with Crippen molar-refractivity contribution >= 4 is 28.3 Å². The minimum Gasteiger partial charge on any atom is -0.352 e. The van der Waals surface area contributed by atoms with Crippen LogP contribution in [0, 0.1) is 5.82 Å². The molecule has 28 heavy (non-hydrogen) atoms. The van der Waals surface area contributed by atoms with Crippen molar-refractivity contribution in [3.63, 3.8) is 0 Å². The lowest BCUT2D eigenvalue weighted by atomic mass is 10.1. The van der Waals surface area contributed by atoms with Gasteiger partial charge in [-0.2, -0.15) is 0 Å². The van der Waals surface area contributed by atoms with Crippen molar-refractivity contribution in [3.8, 4) is 0 Å². The molecule has 1 amide bonds. The minimum atomic E-state index is -0.460. The van der Waals surface area contributed by atoms with E-state index in [9.17, 15) is 9.18 Å². The zero-order valence-corrected chi connectivity index (χ0v) is 15.7. The molecule has 0 aliphatic carbocycles. The Morgan fingerprint density at radius 1 is 1.18 bits per heavy atom. The number of aromatic nitrogens is 3. The highest BCUT2D eigenvalue weighted by molar-refractivity contribution is 6.07. The Morgan fingerprint density at radius 3 is 2.68 bits per heavy atom. The first-order valence-corrected chi connectivity index (χ1v) is 9.18. The van der Waals surface area contributed by atoms with Gasteiger partial charge < -0.3 is 15.5 Å². The lowest BCUT2D eigenvalue weighted by molar-refractivity contribution is 0.102. The molecule has 4 rings (SSSR count). The molecule has 2 N–H and O–H groups in total. The summed E-state index contributed by atoms with van der Waals surface area (Å²) in [6.07, 6.45) is 4.64. The zero-order valence-electron chi connectivity index (χ0n) is 15.7. The number of benzene rings is 1. The fourth-order valence-electron chi connectivity index (χ4n) is 3.55. The molecule has 0 spiro atoms. The molecule has 7 nitrogen and oxygen atoms in total. The molecule has 1 aromatic carbocycles. The maximum atomic E-state index is 13.9. The normalized spacial score (nSPS) is 19.6. The summed E-state index contributed by atoms with van der Waals surface area (Å²) in [7, 11) is 0. The Morgan fingerprint density at radius 2 is 1.96 bits per heavy atom. The number of anilines is 2. The Kier molecular flexibility index (Phi) is 4.87. The molecule has 0 radical (unpaired) electrons. The third-order valence-corrected chi connectivity index (χ3v) is 4.67. The predicted octanol–water partition coefficient (Wildman–Crippen LogP) is 2.60. The Labute approximate surface area is 162 Å². The quantitative estimate of drug-likeness (QED) is 0.727. The van der Waals surface area contributed by atoms with Gasteiger partial charge in [0.1, 0.15) is 17.3 Å². The Balaban J connectivity index is 1.53. The minimum absolute atomic E-state index is 0.160. The number of nitrogens with zero attached hydrogens (tertiary/aromatic N) is 4. The van der Waals surface area contributed by atoms with Gasteiger partial charge in [-0.1, -0.05) is 6.07 Å². The number of rotatable bonds is 3. The molecule has 3 aromatic rings. The number of halogens is 1. The Hall–Kier alpha value is -3.13. The smallest absolute Gasteiger partial charge is 0.275 e. The van der Waals surface area contributed by atoms with Gasteiger partial charge in [-0.15, -0.1) is 0 Å². The van der Waals surface area contributed by atoms with E-state index in [1.807, 2.05) is 0 Å². The molecule has 0 saturated carbocycles. The standard InChI is InChI=1S/C20H21FN6O/c1-12-10-27(11-13(2)25-12)18-9-23-17(8-24-18)20(28)26-16-7-15(21)6-14-4-3-5-22-19(14)16/h3-9,12-13,25H,10-11H2,1-2H3,(H,26,28)/t12-,13+. The second-order valence-electron chi connectivity index (χ2n) is 7.12. The summed E-state index contributed by atoms with van der Waals surface area (Å²) in [6.45, 7) is 5.89. The highest BCUT2D eigenvalue weighted by atomic mass is 19.1. The van der Waals surface area contributed by atoms with Crippen molar-refractivity contribution in [1.29, 1.82) is 0 Å². The van der Waals surface area contributed by atoms with Gasteiger partial charge in [0.05, 0.1) is 23.6 Å². The summed E-state index contributed by atoms with van der Waals surface area (Å²) >= 11 is 0. The summed E-state index contributed by atoms with van der Waals surface area (Å²) in [4.78, 5) is 27.6. The van der Waals surface area contributed by atoms with Crippen LogP contribution in [0.2, 0.25) is 0 Å². The first kappa shape index (κ1) is 18.2. The molecular weight excluding hydrogens is 359 g/mol. The van der Waals surface area contributed by atoms with Crippen LogP contribution in [0.25, 0.3) is 10.9 Å². The molecule has 1 aliphatic rings. The van der Waals surface area contributed by atoms with Gasteiger partial charge in [-0.3, -0.25) is 9.78 Å². The Bertz CT molecular complexity index is 999. The molecule has 0 unspecified atom stereocenters. The lowest BCUT2D eigenvalue weighted by Crippen LogP contribution is -2.54. The second kappa shape index (κ2) is 7.47. The van der Waals surface area contributed by atoms with Crippen molar-refractivity contribution in [2.75, 3.05) is 23.3 Å². The van der Waals surface area contributed by atoms with E-state index in [4.69, 9.17) is 0 Å². The van der Waals surface area contributed by atoms with E-state index in [1.54, 1.807) is 24.5 Å². The topological polar surface area (TPSA) is 83.0 Å². The van der Waals surface area contributed by atoms with Crippen LogP contribution in [-0.2, 0) is 0 Å². The highest BCUT2D eigenvalue weighted by Crippen LogP contribution is 2.23. The zero-order chi connectivity index (χ0) is 19.7. The molecule has 3 heterocycles. The summed E-state index contributed by atoms with van der Waals surface area (Å²) in [5.74, 6) is -0.174. The van der Waals surface area contributed by atoms with E-state index < -0.39 is 11.7 Å². The van der Waals surface area contributed by atoms with Crippen LogP contribution >= 0.6 is 0 Å². The van der Waals surface area contributed by atoms with Crippen LogP contribution in [0.3, 0.4) is 0 Å². The maximum absolute atomic E-state index is 13.9. The van der Waals surface area contributed by atoms with Crippen LogP contribution < -0.4 is 15.5 Å². The number of nitrogens with one attached hydrogen (secondary N) is 2. The van der Waals surface area contributed by atoms with E-state index in [0.717, 1.165) is 18.9 Å². The SMILES string of the molecule is C[C@@H]1CN(c2cnc(C(=O)Nc3cc(F)cc4cccnc34)cn2)C[C@H](C)N1. The number of carbonyl (C=O) groups is 1. The summed E-state index contributed by atoms with van der Waals surface area (Å²) in [6, 6.07) is 6.78. The van der Waals surface area contributed by atoms with Crippen LogP contribution in [0.15, 0.2) is 42.9 Å². The van der Waals surface area contributed by atoms with Gasteiger partial charge >= 0.3 is 0 Å². The van der Waals surface area contributed by atoms with Crippen molar-refractivity contribution in [2.45, 2.75) is 25.9 Å². The van der Waals surface area contributed by atoms with Gasteiger partial charge in [-0.05, 0) is 32.0 Å². The van der Waals surface area contributed by atoms with E-state index >= 15 is 0 Å². The summed E-state index contributed by atoms with van der Waals surface area (Å²) < 4.78 is 13.9. The van der Waals surface area contributed by atoms with Gasteiger partial charge in [0.25, 0.3) is 5.91 Å². The predicted molar refractivity (Wildman–Crippen MR) is 106 cm³/mol. The molecule has 8 heteroatoms. The van der Waals surface area contributed by atoms with Crippen LogP contribution in [0.4, 0.5) is 15.9 Å². The van der Waals surface area contributed by atoms with Gasteiger partial charge in [-0.25, -0.2) is 14.4 Å². The molecule has 0 bridgehead atoms. The number of carbonyl (C=O) groups excluding carboxylic acids is 1. The molecule has 1 saturated heterocycles. The number of fused-ring (bicyclic) bond motifs is 1. The fraction of sp³-hybridized carbons (Fsp3) is 0.300. The third kappa shape index (κ3) is 3.77. The number of pyridine rings is 1. The van der Waals surface area contributed by atoms with E-state index in [0.29, 0.717) is 28.7 Å². The first-order valence-electron chi connectivity index (χ1n) is 9.18. The maximum Gasteiger partial charge on any atom is 0.275 e. The molecule has 1 fully saturated rings. The average molecular weight is 380 g/mol. The van der Waals surface area contributed by atoms with E-state index in [2.05, 4.69) is 44.3 Å². The van der Waals surface area contributed by atoms with Gasteiger partial charge in [0, 0.05) is 36.8 Å². The molecule has 1 aliphatic heterocycles. The van der Waals surface area contributed by atoms with Gasteiger partial charge in [0.2, 0.25) is 0 Å². The molecular formula is C20H21FN6O. The average Bonchev–Trinajstić information content (AvgIpc) is 2.67. The van der Waals surface area contributed by atoms with Crippen LogP contribution in [0.1, 0.15) is 24.3 Å². The molecule has 144 valence electrons. The van der Waals surface area contributed by atoms with Crippen LogP contribution in [-0.4, -0.2) is 46.0 Å². The first-order chi connectivity index (χ1) is 13.5. The number of hydrogen-bond acceptors (Lipinski definition) is 6. The third-order valence-electron chi connectivity index (χ3n) is 4.67. The van der Waals surface area contributed by atoms with E-state index in [-0.39, 0.29) is 5.69 Å². The van der Waals surface area contributed by atoms with Gasteiger partial charge in [0.15, 0.2) is 0 Å². The van der Waals surface area contributed by atoms with Crippen LogP contribution in [0.5, 0.6) is 0 Å². The number of piperazine rings is 1. The monoisotopic (exact) mass is 380 g/mol.